The highest BCUT2D eigenvalue weighted by Crippen LogP contribution is 2.46. The van der Waals surface area contributed by atoms with Crippen LogP contribution in [0.15, 0.2) is 0 Å². The van der Waals surface area contributed by atoms with Crippen molar-refractivity contribution in [2.24, 2.45) is 0 Å². The van der Waals surface area contributed by atoms with Gasteiger partial charge in [0.2, 0.25) is 0 Å². The van der Waals surface area contributed by atoms with Crippen molar-refractivity contribution in [1.82, 2.24) is 0 Å². The van der Waals surface area contributed by atoms with E-state index in [0.29, 0.717) is 18.6 Å². The summed E-state index contributed by atoms with van der Waals surface area (Å²) in [5, 5.41) is 19.9. The van der Waals surface area contributed by atoms with Crippen molar-refractivity contribution in [3.05, 3.63) is 22.3 Å². The molecule has 23 heavy (non-hydrogen) atoms. The average molecular weight is 320 g/mol. The smallest absolute Gasteiger partial charge is 0.307 e. The molecule has 1 unspecified atom stereocenters. The Morgan fingerprint density at radius 3 is 2.17 bits per heavy atom. The summed E-state index contributed by atoms with van der Waals surface area (Å²) in [6, 6.07) is 0. The Bertz CT molecular complexity index is 581. The predicted octanol–water partition coefficient (Wildman–Crippen LogP) is 4.03. The van der Waals surface area contributed by atoms with E-state index in [-0.39, 0.29) is 6.42 Å². The zero-order valence-electron chi connectivity index (χ0n) is 14.7. The number of hydrogen-bond donors (Lipinski definition) is 2. The van der Waals surface area contributed by atoms with E-state index in [1.807, 2.05) is 20.8 Å². The molecule has 0 fully saturated rings. The minimum atomic E-state index is -0.821. The number of phenols is 1. The van der Waals surface area contributed by atoms with Crippen molar-refractivity contribution in [1.29, 1.82) is 0 Å². The van der Waals surface area contributed by atoms with Gasteiger partial charge in [0.15, 0.2) is 0 Å². The van der Waals surface area contributed by atoms with Crippen LogP contribution >= 0.6 is 0 Å². The lowest BCUT2D eigenvalue weighted by Gasteiger charge is -2.39. The maximum atomic E-state index is 11.3. The third-order valence-electron chi connectivity index (χ3n) is 5.18. The number of carboxylic acid groups (broad SMARTS) is 1. The lowest BCUT2D eigenvalue weighted by molar-refractivity contribution is -0.142. The Kier molecular flexibility index (Phi) is 5.23. The normalized spacial score (nSPS) is 20.0. The summed E-state index contributed by atoms with van der Waals surface area (Å²) in [6.45, 7) is 8.12. The monoisotopic (exact) mass is 320 g/mol. The van der Waals surface area contributed by atoms with Crippen LogP contribution in [0, 0.1) is 0 Å². The van der Waals surface area contributed by atoms with Gasteiger partial charge in [0.1, 0.15) is 17.1 Å². The zero-order valence-corrected chi connectivity index (χ0v) is 14.7. The molecule has 0 spiro atoms. The van der Waals surface area contributed by atoms with Crippen molar-refractivity contribution < 1.29 is 19.7 Å². The summed E-state index contributed by atoms with van der Waals surface area (Å²) in [5.41, 5.74) is 3.41. The van der Waals surface area contributed by atoms with Gasteiger partial charge in [-0.3, -0.25) is 4.79 Å². The number of hydrogen-bond acceptors (Lipinski definition) is 3. The molecule has 128 valence electrons. The molecule has 4 heteroatoms. The molecular formula is C19H28O4. The number of aromatic hydroxyl groups is 1. The number of carboxylic acids is 1. The number of rotatable bonds is 6. The third-order valence-corrected chi connectivity index (χ3v) is 5.18. The van der Waals surface area contributed by atoms with Crippen molar-refractivity contribution in [3.63, 3.8) is 0 Å². The molecular weight excluding hydrogens is 292 g/mol. The molecule has 0 bridgehead atoms. The standard InChI is InChI=1S/C19H28O4/c1-5-12-14(7-3)18-15(13(6-2)17(12)22)9-10-19(8-4,23-18)11-16(20)21/h22H,5-11H2,1-4H3,(H,20,21). The fourth-order valence-electron chi connectivity index (χ4n) is 3.84. The molecule has 1 aromatic carbocycles. The summed E-state index contributed by atoms with van der Waals surface area (Å²) in [6.07, 6.45) is 4.43. The maximum absolute atomic E-state index is 11.3. The molecule has 4 nitrogen and oxygen atoms in total. The molecule has 0 saturated carbocycles. The Balaban J connectivity index is 2.63. The van der Waals surface area contributed by atoms with Crippen molar-refractivity contribution >= 4 is 5.97 Å². The zero-order chi connectivity index (χ0) is 17.2. The number of benzene rings is 1. The van der Waals surface area contributed by atoms with Gasteiger partial charge in [-0.25, -0.2) is 0 Å². The van der Waals surface area contributed by atoms with Crippen LogP contribution in [-0.2, 0) is 30.5 Å². The van der Waals surface area contributed by atoms with Crippen LogP contribution in [0.25, 0.3) is 0 Å². The highest BCUT2D eigenvalue weighted by molar-refractivity contribution is 5.69. The Hall–Kier alpha value is -1.71. The topological polar surface area (TPSA) is 66.8 Å². The van der Waals surface area contributed by atoms with Gasteiger partial charge in [-0.2, -0.15) is 0 Å². The van der Waals surface area contributed by atoms with Gasteiger partial charge >= 0.3 is 5.97 Å². The summed E-state index contributed by atoms with van der Waals surface area (Å²) in [5.74, 6) is 0.434. The maximum Gasteiger partial charge on any atom is 0.307 e. The predicted molar refractivity (Wildman–Crippen MR) is 90.5 cm³/mol. The molecule has 1 aliphatic rings. The molecule has 0 saturated heterocycles. The number of phenolic OH excluding ortho intramolecular Hbond substituents is 1. The molecule has 2 rings (SSSR count). The summed E-state index contributed by atoms with van der Waals surface area (Å²) in [4.78, 5) is 11.3. The SMILES string of the molecule is CCc1c(O)c(CC)c2c(c1CC)OC(CC)(CC(=O)O)CC2. The molecule has 1 atom stereocenters. The quantitative estimate of drug-likeness (QED) is 0.830. The fraction of sp³-hybridized carbons (Fsp3) is 0.632. The number of fused-ring (bicyclic) bond motifs is 1. The van der Waals surface area contributed by atoms with Gasteiger partial charge in [-0.15, -0.1) is 0 Å². The summed E-state index contributed by atoms with van der Waals surface area (Å²) in [7, 11) is 0. The van der Waals surface area contributed by atoms with E-state index in [9.17, 15) is 15.0 Å². The minimum Gasteiger partial charge on any atom is -0.507 e. The first-order valence-electron chi connectivity index (χ1n) is 8.72. The molecule has 0 aliphatic carbocycles. The number of ether oxygens (including phenoxy) is 1. The molecule has 0 radical (unpaired) electrons. The van der Waals surface area contributed by atoms with E-state index in [1.165, 1.54) is 0 Å². The second-order valence-electron chi connectivity index (χ2n) is 6.36. The van der Waals surface area contributed by atoms with E-state index in [1.54, 1.807) is 0 Å². The highest BCUT2D eigenvalue weighted by Gasteiger charge is 2.39. The van der Waals surface area contributed by atoms with Crippen LogP contribution in [0.3, 0.4) is 0 Å². The number of aliphatic carboxylic acids is 1. The van der Waals surface area contributed by atoms with E-state index in [0.717, 1.165) is 53.7 Å². The van der Waals surface area contributed by atoms with Crippen LogP contribution in [0.2, 0.25) is 0 Å². The van der Waals surface area contributed by atoms with Crippen LogP contribution in [-0.4, -0.2) is 21.8 Å². The van der Waals surface area contributed by atoms with Crippen molar-refractivity contribution in [2.75, 3.05) is 0 Å². The first-order chi connectivity index (χ1) is 10.9. The van der Waals surface area contributed by atoms with Crippen LogP contribution in [0.5, 0.6) is 11.5 Å². The second kappa shape index (κ2) is 6.81. The molecule has 1 aromatic rings. The van der Waals surface area contributed by atoms with Gasteiger partial charge < -0.3 is 14.9 Å². The van der Waals surface area contributed by atoms with E-state index >= 15 is 0 Å². The van der Waals surface area contributed by atoms with Crippen LogP contribution in [0.4, 0.5) is 0 Å². The first kappa shape index (κ1) is 17.6. The lowest BCUT2D eigenvalue weighted by Crippen LogP contribution is -2.41. The van der Waals surface area contributed by atoms with Gasteiger partial charge in [0, 0.05) is 22.3 Å². The minimum absolute atomic E-state index is 0.0237. The van der Waals surface area contributed by atoms with Gasteiger partial charge in [-0.1, -0.05) is 27.7 Å². The number of carbonyl (C=O) groups is 1. The molecule has 0 aromatic heterocycles. The van der Waals surface area contributed by atoms with Gasteiger partial charge in [0.05, 0.1) is 6.42 Å². The van der Waals surface area contributed by atoms with E-state index in [4.69, 9.17) is 4.74 Å². The Labute approximate surface area is 138 Å². The molecule has 0 amide bonds. The fourth-order valence-corrected chi connectivity index (χ4v) is 3.84. The largest absolute Gasteiger partial charge is 0.507 e. The lowest BCUT2D eigenvalue weighted by atomic mass is 9.81. The third kappa shape index (κ3) is 3.04. The molecule has 2 N–H and O–H groups in total. The van der Waals surface area contributed by atoms with Gasteiger partial charge in [0.25, 0.3) is 0 Å². The van der Waals surface area contributed by atoms with Crippen LogP contribution < -0.4 is 4.74 Å². The Morgan fingerprint density at radius 1 is 1.09 bits per heavy atom. The summed E-state index contributed by atoms with van der Waals surface area (Å²) >= 11 is 0. The van der Waals surface area contributed by atoms with Crippen molar-refractivity contribution in [3.8, 4) is 11.5 Å². The average Bonchev–Trinajstić information content (AvgIpc) is 2.53. The highest BCUT2D eigenvalue weighted by atomic mass is 16.5. The van der Waals surface area contributed by atoms with E-state index < -0.39 is 11.6 Å². The molecule has 1 heterocycles. The van der Waals surface area contributed by atoms with Gasteiger partial charge in [-0.05, 0) is 38.5 Å². The Morgan fingerprint density at radius 2 is 1.70 bits per heavy atom. The second-order valence-corrected chi connectivity index (χ2v) is 6.36. The van der Waals surface area contributed by atoms with Crippen LogP contribution in [0.1, 0.15) is 69.2 Å². The first-order valence-corrected chi connectivity index (χ1v) is 8.72. The van der Waals surface area contributed by atoms with Crippen molar-refractivity contribution in [2.45, 2.75) is 78.2 Å². The molecule has 1 aliphatic heterocycles. The van der Waals surface area contributed by atoms with E-state index in [2.05, 4.69) is 6.92 Å². The summed E-state index contributed by atoms with van der Waals surface area (Å²) < 4.78 is 6.35.